The molecule has 0 unspecified atom stereocenters. The van der Waals surface area contributed by atoms with Crippen molar-refractivity contribution in [3.8, 4) is 0 Å². The van der Waals surface area contributed by atoms with Gasteiger partial charge in [0.25, 0.3) is 0 Å². The summed E-state index contributed by atoms with van der Waals surface area (Å²) in [5.41, 5.74) is 1.23. The molecule has 0 saturated heterocycles. The van der Waals surface area contributed by atoms with Crippen LogP contribution >= 0.6 is 0 Å². The van der Waals surface area contributed by atoms with E-state index in [2.05, 4.69) is 11.3 Å². The molecular formula is C6H7NO. The van der Waals surface area contributed by atoms with E-state index in [1.165, 1.54) is 5.57 Å². The molecule has 8 heavy (non-hydrogen) atoms. The summed E-state index contributed by atoms with van der Waals surface area (Å²) in [6.45, 7) is 0.319. The normalized spacial score (nSPS) is 20.8. The lowest BCUT2D eigenvalue weighted by Gasteiger charge is -2.03. The number of hydrogen-bond donors (Lipinski definition) is 0. The van der Waals surface area contributed by atoms with Crippen LogP contribution in [0.25, 0.3) is 0 Å². The van der Waals surface area contributed by atoms with Crippen molar-refractivity contribution in [3.05, 3.63) is 28.7 Å². The molecule has 1 aliphatic rings. The van der Waals surface area contributed by atoms with Crippen molar-refractivity contribution in [1.29, 1.82) is 0 Å². The van der Waals surface area contributed by atoms with Crippen LogP contribution in [0.3, 0.4) is 0 Å². The average molecular weight is 109 g/mol. The highest BCUT2D eigenvalue weighted by Gasteiger charge is 1.95. The van der Waals surface area contributed by atoms with Crippen LogP contribution in [0.1, 0.15) is 6.42 Å². The van der Waals surface area contributed by atoms with Crippen molar-refractivity contribution >= 4 is 0 Å². The Morgan fingerprint density at radius 1 is 1.88 bits per heavy atom. The Hall–Kier alpha value is -0.920. The monoisotopic (exact) mass is 109 g/mol. The van der Waals surface area contributed by atoms with E-state index in [1.54, 1.807) is 0 Å². The molecule has 0 fully saturated rings. The van der Waals surface area contributed by atoms with E-state index < -0.39 is 0 Å². The van der Waals surface area contributed by atoms with Gasteiger partial charge in [0.15, 0.2) is 0 Å². The van der Waals surface area contributed by atoms with Gasteiger partial charge in [-0.2, -0.15) is 4.91 Å². The molecule has 0 aromatic heterocycles. The van der Waals surface area contributed by atoms with Gasteiger partial charge in [0, 0.05) is 0 Å². The third-order valence-electron chi connectivity index (χ3n) is 1.11. The molecule has 0 aliphatic heterocycles. The summed E-state index contributed by atoms with van der Waals surface area (Å²) in [4.78, 5) is 9.53. The molecule has 1 rings (SSSR count). The van der Waals surface area contributed by atoms with E-state index in [0.29, 0.717) is 6.54 Å². The molecule has 0 aromatic carbocycles. The Bertz CT molecular complexity index is 147. The summed E-state index contributed by atoms with van der Waals surface area (Å²) in [6.07, 6.45) is 6.89. The molecule has 0 heterocycles. The first-order chi connectivity index (χ1) is 3.93. The van der Waals surface area contributed by atoms with Gasteiger partial charge >= 0.3 is 0 Å². The zero-order valence-corrected chi connectivity index (χ0v) is 4.50. The van der Waals surface area contributed by atoms with E-state index in [9.17, 15) is 4.91 Å². The van der Waals surface area contributed by atoms with Crippen LogP contribution in [-0.4, -0.2) is 6.54 Å². The number of nitroso groups, excluding NO2 is 1. The molecule has 0 amide bonds. The highest BCUT2D eigenvalue weighted by Crippen LogP contribution is 2.13. The molecule has 0 radical (unpaired) electrons. The molecule has 2 nitrogen and oxygen atoms in total. The maximum Gasteiger partial charge on any atom is 0.0998 e. The van der Waals surface area contributed by atoms with Crippen molar-refractivity contribution in [3.63, 3.8) is 0 Å². The number of allylic oxidation sites excluding steroid dienone is 3. The summed E-state index contributed by atoms with van der Waals surface area (Å²) < 4.78 is 0. The fraction of sp³-hybridized carbons (Fsp3) is 0.333. The molecule has 42 valence electrons. The van der Waals surface area contributed by atoms with Gasteiger partial charge in [-0.25, -0.2) is 0 Å². The summed E-state index contributed by atoms with van der Waals surface area (Å²) >= 11 is 0. The molecule has 1 aliphatic carbocycles. The lowest BCUT2D eigenvalue weighted by Crippen LogP contribution is -1.86. The minimum atomic E-state index is 0.319. The van der Waals surface area contributed by atoms with E-state index in [-0.39, 0.29) is 0 Å². The highest BCUT2D eigenvalue weighted by molar-refractivity contribution is 5.30. The topological polar surface area (TPSA) is 29.4 Å². The van der Waals surface area contributed by atoms with Gasteiger partial charge in [-0.15, -0.1) is 0 Å². The van der Waals surface area contributed by atoms with Gasteiger partial charge in [-0.3, -0.25) is 0 Å². The first-order valence-electron chi connectivity index (χ1n) is 2.58. The third-order valence-corrected chi connectivity index (χ3v) is 1.11. The number of rotatable bonds is 2. The molecule has 2 heteroatoms. The van der Waals surface area contributed by atoms with E-state index in [0.717, 1.165) is 6.42 Å². The van der Waals surface area contributed by atoms with Crippen LogP contribution in [0.15, 0.2) is 29.0 Å². The van der Waals surface area contributed by atoms with Crippen molar-refractivity contribution in [2.45, 2.75) is 6.42 Å². The van der Waals surface area contributed by atoms with Crippen LogP contribution in [0.5, 0.6) is 0 Å². The van der Waals surface area contributed by atoms with Crippen LogP contribution < -0.4 is 0 Å². The smallest absolute Gasteiger partial charge is 0.0998 e. The number of nitrogens with zero attached hydrogens (tertiary/aromatic N) is 1. The standard InChI is InChI=1S/C6H7NO/c8-7-5-4-6-2-1-3-6/h1-2,4H,3,5H2/b6-4-. The Morgan fingerprint density at radius 3 is 3.00 bits per heavy atom. The zero-order chi connectivity index (χ0) is 5.82. The zero-order valence-electron chi connectivity index (χ0n) is 4.50. The van der Waals surface area contributed by atoms with Crippen LogP contribution in [0.4, 0.5) is 0 Å². The van der Waals surface area contributed by atoms with Crippen LogP contribution in [0, 0.1) is 4.91 Å². The largest absolute Gasteiger partial charge is 0.150 e. The minimum absolute atomic E-state index is 0.319. The minimum Gasteiger partial charge on any atom is -0.150 e. The quantitative estimate of drug-likeness (QED) is 0.495. The highest BCUT2D eigenvalue weighted by atomic mass is 16.3. The maximum absolute atomic E-state index is 9.53. The van der Waals surface area contributed by atoms with Gasteiger partial charge in [0.05, 0.1) is 6.54 Å². The van der Waals surface area contributed by atoms with Gasteiger partial charge in [0.2, 0.25) is 0 Å². The second kappa shape index (κ2) is 2.40. The fourth-order valence-corrected chi connectivity index (χ4v) is 0.560. The van der Waals surface area contributed by atoms with Crippen molar-refractivity contribution in [2.75, 3.05) is 6.54 Å². The summed E-state index contributed by atoms with van der Waals surface area (Å²) in [5.74, 6) is 0. The SMILES string of the molecule is O=NC/C=C1/C=CC1. The fourth-order valence-electron chi connectivity index (χ4n) is 0.560. The lowest BCUT2D eigenvalue weighted by atomic mass is 10.0. The first kappa shape index (κ1) is 5.22. The van der Waals surface area contributed by atoms with Crippen LogP contribution in [-0.2, 0) is 0 Å². The molecule has 0 spiro atoms. The maximum atomic E-state index is 9.53. The molecular weight excluding hydrogens is 102 g/mol. The Morgan fingerprint density at radius 2 is 2.62 bits per heavy atom. The Labute approximate surface area is 47.9 Å². The number of hydrogen-bond acceptors (Lipinski definition) is 2. The summed E-state index contributed by atoms with van der Waals surface area (Å²) in [7, 11) is 0. The summed E-state index contributed by atoms with van der Waals surface area (Å²) in [5, 5.41) is 2.70. The van der Waals surface area contributed by atoms with E-state index in [1.807, 2.05) is 12.2 Å². The van der Waals surface area contributed by atoms with E-state index in [4.69, 9.17) is 0 Å². The van der Waals surface area contributed by atoms with Crippen LogP contribution in [0.2, 0.25) is 0 Å². The molecule has 0 N–H and O–H groups in total. The second-order valence-electron chi connectivity index (χ2n) is 1.70. The molecule has 0 atom stereocenters. The predicted molar refractivity (Wildman–Crippen MR) is 32.5 cm³/mol. The average Bonchev–Trinajstić information content (AvgIpc) is 1.63. The second-order valence-corrected chi connectivity index (χ2v) is 1.70. The van der Waals surface area contributed by atoms with Gasteiger partial charge in [-0.05, 0) is 12.0 Å². The summed E-state index contributed by atoms with van der Waals surface area (Å²) in [6, 6.07) is 0. The Kier molecular flexibility index (Phi) is 1.57. The van der Waals surface area contributed by atoms with Gasteiger partial charge in [0.1, 0.15) is 0 Å². The third kappa shape index (κ3) is 1.03. The van der Waals surface area contributed by atoms with Gasteiger partial charge < -0.3 is 0 Å². The molecule has 0 bridgehead atoms. The Balaban J connectivity index is 2.33. The molecule has 0 saturated carbocycles. The van der Waals surface area contributed by atoms with E-state index >= 15 is 0 Å². The van der Waals surface area contributed by atoms with Crippen molar-refractivity contribution in [2.24, 2.45) is 5.18 Å². The van der Waals surface area contributed by atoms with Crippen molar-refractivity contribution in [1.82, 2.24) is 0 Å². The van der Waals surface area contributed by atoms with Crippen molar-refractivity contribution < 1.29 is 0 Å². The van der Waals surface area contributed by atoms with Gasteiger partial charge in [-0.1, -0.05) is 23.4 Å². The first-order valence-corrected chi connectivity index (χ1v) is 2.58. The molecule has 0 aromatic rings. The lowest BCUT2D eigenvalue weighted by molar-refractivity contribution is 1.13. The predicted octanol–water partition coefficient (Wildman–Crippen LogP) is 1.64.